The van der Waals surface area contributed by atoms with Crippen LogP contribution < -0.4 is 0 Å². The zero-order valence-corrected chi connectivity index (χ0v) is 10.5. The van der Waals surface area contributed by atoms with E-state index in [0.29, 0.717) is 31.3 Å². The van der Waals surface area contributed by atoms with Crippen LogP contribution >= 0.6 is 0 Å². The SMILES string of the molecule is CCN(CCO)C(=O)CC(C)CC(C)C. The van der Waals surface area contributed by atoms with Crippen LogP contribution in [0.5, 0.6) is 0 Å². The number of carbonyl (C=O) groups excluding carboxylic acids is 1. The van der Waals surface area contributed by atoms with Crippen LogP contribution in [0, 0.1) is 11.8 Å². The van der Waals surface area contributed by atoms with Crippen LogP contribution in [0.25, 0.3) is 0 Å². The number of hydrogen-bond acceptors (Lipinski definition) is 2. The Kier molecular flexibility index (Phi) is 7.39. The first-order chi connectivity index (χ1) is 7.01. The molecule has 0 radical (unpaired) electrons. The van der Waals surface area contributed by atoms with Crippen molar-refractivity contribution in [1.29, 1.82) is 0 Å². The molecule has 0 aliphatic carbocycles. The van der Waals surface area contributed by atoms with Crippen molar-refractivity contribution in [2.75, 3.05) is 19.7 Å². The highest BCUT2D eigenvalue weighted by molar-refractivity contribution is 5.76. The number of hydrogen-bond donors (Lipinski definition) is 1. The van der Waals surface area contributed by atoms with Gasteiger partial charge in [-0.2, -0.15) is 0 Å². The molecular formula is C12H25NO2. The predicted molar refractivity (Wildman–Crippen MR) is 62.6 cm³/mol. The number of likely N-dealkylation sites (N-methyl/N-ethyl adjacent to an activating group) is 1. The molecule has 0 heterocycles. The molecule has 0 saturated carbocycles. The van der Waals surface area contributed by atoms with E-state index in [1.54, 1.807) is 4.90 Å². The van der Waals surface area contributed by atoms with Gasteiger partial charge in [0, 0.05) is 19.5 Å². The van der Waals surface area contributed by atoms with E-state index in [1.165, 1.54) is 0 Å². The molecule has 0 aromatic carbocycles. The summed E-state index contributed by atoms with van der Waals surface area (Å²) in [5.74, 6) is 1.24. The summed E-state index contributed by atoms with van der Waals surface area (Å²) in [5, 5.41) is 8.80. The quantitative estimate of drug-likeness (QED) is 0.704. The third kappa shape index (κ3) is 6.50. The highest BCUT2D eigenvalue weighted by atomic mass is 16.3. The van der Waals surface area contributed by atoms with Crippen LogP contribution in [-0.4, -0.2) is 35.6 Å². The number of rotatable bonds is 7. The summed E-state index contributed by atoms with van der Waals surface area (Å²) in [6, 6.07) is 0. The van der Waals surface area contributed by atoms with Crippen molar-refractivity contribution in [1.82, 2.24) is 4.90 Å². The molecular weight excluding hydrogens is 190 g/mol. The Hall–Kier alpha value is -0.570. The van der Waals surface area contributed by atoms with Gasteiger partial charge in [-0.1, -0.05) is 20.8 Å². The van der Waals surface area contributed by atoms with Gasteiger partial charge in [0.2, 0.25) is 5.91 Å². The van der Waals surface area contributed by atoms with E-state index in [9.17, 15) is 4.79 Å². The third-order valence-corrected chi connectivity index (χ3v) is 2.50. The van der Waals surface area contributed by atoms with E-state index in [1.807, 2.05) is 6.92 Å². The third-order valence-electron chi connectivity index (χ3n) is 2.50. The average Bonchev–Trinajstić information content (AvgIpc) is 2.12. The van der Waals surface area contributed by atoms with Gasteiger partial charge in [0.1, 0.15) is 0 Å². The summed E-state index contributed by atoms with van der Waals surface area (Å²) in [4.78, 5) is 13.5. The van der Waals surface area contributed by atoms with Gasteiger partial charge in [-0.3, -0.25) is 4.79 Å². The standard InChI is InChI=1S/C12H25NO2/c1-5-13(6-7-14)12(15)9-11(4)8-10(2)3/h10-11,14H,5-9H2,1-4H3. The minimum Gasteiger partial charge on any atom is -0.395 e. The molecule has 0 aromatic heterocycles. The summed E-state index contributed by atoms with van der Waals surface area (Å²) >= 11 is 0. The number of amides is 1. The first-order valence-corrected chi connectivity index (χ1v) is 5.89. The van der Waals surface area contributed by atoms with Crippen LogP contribution in [-0.2, 0) is 4.79 Å². The molecule has 0 aliphatic rings. The summed E-state index contributed by atoms with van der Waals surface area (Å²) in [6.45, 7) is 9.61. The molecule has 0 aliphatic heterocycles. The van der Waals surface area contributed by atoms with Gasteiger partial charge in [0.05, 0.1) is 6.61 Å². The zero-order valence-electron chi connectivity index (χ0n) is 10.5. The van der Waals surface area contributed by atoms with E-state index in [4.69, 9.17) is 5.11 Å². The topological polar surface area (TPSA) is 40.5 Å². The Morgan fingerprint density at radius 2 is 1.93 bits per heavy atom. The molecule has 0 saturated heterocycles. The lowest BCUT2D eigenvalue weighted by Crippen LogP contribution is -2.34. The summed E-state index contributed by atoms with van der Waals surface area (Å²) in [6.07, 6.45) is 1.69. The molecule has 1 amide bonds. The molecule has 3 heteroatoms. The van der Waals surface area contributed by atoms with Crippen LogP contribution in [0.2, 0.25) is 0 Å². The largest absolute Gasteiger partial charge is 0.395 e. The highest BCUT2D eigenvalue weighted by Gasteiger charge is 2.15. The van der Waals surface area contributed by atoms with Gasteiger partial charge < -0.3 is 10.0 Å². The molecule has 0 fully saturated rings. The molecule has 0 bridgehead atoms. The number of nitrogens with zero attached hydrogens (tertiary/aromatic N) is 1. The average molecular weight is 215 g/mol. The fourth-order valence-corrected chi connectivity index (χ4v) is 1.90. The van der Waals surface area contributed by atoms with Crippen molar-refractivity contribution >= 4 is 5.91 Å². The van der Waals surface area contributed by atoms with Crippen LogP contribution in [0.1, 0.15) is 40.5 Å². The second kappa shape index (κ2) is 7.69. The molecule has 90 valence electrons. The zero-order chi connectivity index (χ0) is 11.8. The van der Waals surface area contributed by atoms with Crippen LogP contribution in [0.4, 0.5) is 0 Å². The van der Waals surface area contributed by atoms with Gasteiger partial charge in [-0.15, -0.1) is 0 Å². The molecule has 0 spiro atoms. The first kappa shape index (κ1) is 14.4. The normalized spacial score (nSPS) is 12.9. The Morgan fingerprint density at radius 3 is 2.33 bits per heavy atom. The maximum atomic E-state index is 11.8. The molecule has 0 aromatic rings. The van der Waals surface area contributed by atoms with Crippen molar-refractivity contribution < 1.29 is 9.90 Å². The lowest BCUT2D eigenvalue weighted by molar-refractivity contribution is -0.132. The second-order valence-electron chi connectivity index (χ2n) is 4.64. The van der Waals surface area contributed by atoms with E-state index < -0.39 is 0 Å². The van der Waals surface area contributed by atoms with Crippen molar-refractivity contribution in [2.45, 2.75) is 40.5 Å². The minimum atomic E-state index is 0.0537. The molecule has 1 atom stereocenters. The number of aliphatic hydroxyl groups is 1. The highest BCUT2D eigenvalue weighted by Crippen LogP contribution is 2.15. The lowest BCUT2D eigenvalue weighted by atomic mass is 9.95. The smallest absolute Gasteiger partial charge is 0.222 e. The Balaban J connectivity index is 3.98. The van der Waals surface area contributed by atoms with E-state index in [0.717, 1.165) is 6.42 Å². The van der Waals surface area contributed by atoms with Gasteiger partial charge in [-0.05, 0) is 25.2 Å². The van der Waals surface area contributed by atoms with Crippen molar-refractivity contribution in [3.05, 3.63) is 0 Å². The minimum absolute atomic E-state index is 0.0537. The summed E-state index contributed by atoms with van der Waals surface area (Å²) < 4.78 is 0. The first-order valence-electron chi connectivity index (χ1n) is 5.89. The monoisotopic (exact) mass is 215 g/mol. The molecule has 3 nitrogen and oxygen atoms in total. The van der Waals surface area contributed by atoms with E-state index in [-0.39, 0.29) is 12.5 Å². The van der Waals surface area contributed by atoms with Gasteiger partial charge in [0.15, 0.2) is 0 Å². The second-order valence-corrected chi connectivity index (χ2v) is 4.64. The number of carbonyl (C=O) groups is 1. The number of aliphatic hydroxyl groups excluding tert-OH is 1. The Bertz CT molecular complexity index is 180. The summed E-state index contributed by atoms with van der Waals surface area (Å²) in [7, 11) is 0. The Morgan fingerprint density at radius 1 is 1.33 bits per heavy atom. The van der Waals surface area contributed by atoms with E-state index >= 15 is 0 Å². The maximum absolute atomic E-state index is 11.8. The van der Waals surface area contributed by atoms with Gasteiger partial charge >= 0.3 is 0 Å². The van der Waals surface area contributed by atoms with Gasteiger partial charge in [0.25, 0.3) is 0 Å². The Labute approximate surface area is 93.5 Å². The van der Waals surface area contributed by atoms with Crippen molar-refractivity contribution in [3.8, 4) is 0 Å². The van der Waals surface area contributed by atoms with Gasteiger partial charge in [-0.25, -0.2) is 0 Å². The van der Waals surface area contributed by atoms with Crippen LogP contribution in [0.15, 0.2) is 0 Å². The molecule has 0 rings (SSSR count). The molecule has 15 heavy (non-hydrogen) atoms. The lowest BCUT2D eigenvalue weighted by Gasteiger charge is -2.22. The van der Waals surface area contributed by atoms with Crippen molar-refractivity contribution in [2.24, 2.45) is 11.8 Å². The maximum Gasteiger partial charge on any atom is 0.222 e. The van der Waals surface area contributed by atoms with Crippen LogP contribution in [0.3, 0.4) is 0 Å². The molecule has 1 unspecified atom stereocenters. The molecule has 1 N–H and O–H groups in total. The predicted octanol–water partition coefficient (Wildman–Crippen LogP) is 1.90. The summed E-state index contributed by atoms with van der Waals surface area (Å²) in [5.41, 5.74) is 0. The van der Waals surface area contributed by atoms with E-state index in [2.05, 4.69) is 20.8 Å². The fraction of sp³-hybridized carbons (Fsp3) is 0.917. The fourth-order valence-electron chi connectivity index (χ4n) is 1.90. The van der Waals surface area contributed by atoms with Crippen molar-refractivity contribution in [3.63, 3.8) is 0 Å².